The van der Waals surface area contributed by atoms with Crippen LogP contribution in [-0.4, -0.2) is 46.0 Å². The van der Waals surface area contributed by atoms with Crippen molar-refractivity contribution in [2.45, 2.75) is 96.8 Å². The van der Waals surface area contributed by atoms with Gasteiger partial charge in [0.05, 0.1) is 6.61 Å². The average molecular weight is 372 g/mol. The van der Waals surface area contributed by atoms with E-state index in [-0.39, 0.29) is 36.2 Å². The van der Waals surface area contributed by atoms with Gasteiger partial charge in [-0.1, -0.05) is 76.9 Å². The van der Waals surface area contributed by atoms with Gasteiger partial charge < -0.3 is 9.79 Å². The number of phosphoric ester groups is 1. The van der Waals surface area contributed by atoms with Gasteiger partial charge in [-0.2, -0.15) is 0 Å². The second-order valence-corrected chi connectivity index (χ2v) is 7.50. The van der Waals surface area contributed by atoms with Crippen molar-refractivity contribution in [1.82, 2.24) is 0 Å². The van der Waals surface area contributed by atoms with E-state index in [2.05, 4.69) is 23.6 Å². The molecule has 4 nitrogen and oxygen atoms in total. The first kappa shape index (κ1) is 27.1. The molecule has 0 saturated heterocycles. The van der Waals surface area contributed by atoms with Crippen LogP contribution < -0.4 is 0 Å². The van der Waals surface area contributed by atoms with Gasteiger partial charge in [-0.15, -0.1) is 0 Å². The van der Waals surface area contributed by atoms with Crippen molar-refractivity contribution in [3.8, 4) is 0 Å². The molecule has 0 rings (SSSR count). The molecule has 0 aromatic carbocycles. The predicted molar refractivity (Wildman–Crippen MR) is 105 cm³/mol. The van der Waals surface area contributed by atoms with Crippen LogP contribution in [0.3, 0.4) is 0 Å². The Kier molecular flexibility index (Phi) is 22.7. The van der Waals surface area contributed by atoms with Crippen LogP contribution in [0, 0.1) is 0 Å². The zero-order chi connectivity index (χ0) is 17.2. The minimum atomic E-state index is -4.26. The third-order valence-electron chi connectivity index (χ3n) is 3.92. The summed E-state index contributed by atoms with van der Waals surface area (Å²) in [6.07, 6.45) is 21.7. The summed E-state index contributed by atoms with van der Waals surface area (Å²) in [4.78, 5) is 17.1. The molecule has 0 atom stereocenters. The first-order valence-electron chi connectivity index (χ1n) is 9.41. The van der Waals surface area contributed by atoms with E-state index in [0.717, 1.165) is 19.3 Å². The quantitative estimate of drug-likeness (QED) is 0.153. The first-order valence-corrected chi connectivity index (χ1v) is 10.9. The monoisotopic (exact) mass is 372 g/mol. The molecule has 0 aliphatic heterocycles. The zero-order valence-corrected chi connectivity index (χ0v) is 15.8. The molecule has 0 saturated carbocycles. The maximum atomic E-state index is 10.5. The van der Waals surface area contributed by atoms with Crippen molar-refractivity contribution < 1.29 is 18.9 Å². The summed E-state index contributed by atoms with van der Waals surface area (Å²) < 4.78 is 14.9. The predicted octanol–water partition coefficient (Wildman–Crippen LogP) is 5.48. The summed E-state index contributed by atoms with van der Waals surface area (Å²) in [7, 11) is -4.26. The molecule has 6 heteroatoms. The third kappa shape index (κ3) is 25.1. The van der Waals surface area contributed by atoms with Gasteiger partial charge in [-0.25, -0.2) is 4.57 Å². The molecule has 2 N–H and O–H groups in total. The molecule has 0 unspecified atom stereocenters. The molecule has 0 bridgehead atoms. The van der Waals surface area contributed by atoms with Gasteiger partial charge in [0.25, 0.3) is 0 Å². The normalized spacial score (nSPS) is 11.8. The number of hydrogen-bond donors (Lipinski definition) is 2. The van der Waals surface area contributed by atoms with E-state index in [1.807, 2.05) is 0 Å². The van der Waals surface area contributed by atoms with Crippen LogP contribution in [0.5, 0.6) is 0 Å². The molecule has 0 heterocycles. The van der Waals surface area contributed by atoms with E-state index in [9.17, 15) is 4.57 Å². The zero-order valence-electron chi connectivity index (χ0n) is 14.9. The van der Waals surface area contributed by atoms with Crippen molar-refractivity contribution in [3.05, 3.63) is 12.2 Å². The fourth-order valence-corrected chi connectivity index (χ4v) is 2.90. The van der Waals surface area contributed by atoms with Crippen molar-refractivity contribution in [2.75, 3.05) is 6.61 Å². The van der Waals surface area contributed by atoms with Crippen LogP contribution in [0.4, 0.5) is 0 Å². The molecular weight excluding hydrogens is 334 g/mol. The molecular formula is C18H38NaO4P. The molecule has 0 spiro atoms. The van der Waals surface area contributed by atoms with Crippen LogP contribution >= 0.6 is 7.82 Å². The number of phosphoric acid groups is 1. The Bertz CT molecular complexity index is 318. The van der Waals surface area contributed by atoms with Crippen molar-refractivity contribution >= 4 is 37.4 Å². The Labute approximate surface area is 171 Å². The second-order valence-electron chi connectivity index (χ2n) is 6.26. The summed E-state index contributed by atoms with van der Waals surface area (Å²) in [6.45, 7) is 2.41. The Morgan fingerprint density at radius 2 is 1.17 bits per heavy atom. The van der Waals surface area contributed by atoms with Gasteiger partial charge in [-0.05, 0) is 32.1 Å². The van der Waals surface area contributed by atoms with E-state index in [0.29, 0.717) is 0 Å². The Balaban J connectivity index is 0. The molecule has 0 aliphatic carbocycles. The summed E-state index contributed by atoms with van der Waals surface area (Å²) >= 11 is 0. The van der Waals surface area contributed by atoms with E-state index >= 15 is 0 Å². The van der Waals surface area contributed by atoms with E-state index in [4.69, 9.17) is 9.79 Å². The standard InChI is InChI=1S/C18H37O4P.Na.H/c1-2-3-4-5-6-7-8-9-10-11-12-13-14-15-16-17-18-22-23(19,20)21;;/h9-10H,2-8,11-18H2,1H3,(H2,19,20,21);;/b10-9-;;. The molecule has 0 amide bonds. The molecule has 0 aliphatic rings. The minimum absolute atomic E-state index is 0. The van der Waals surface area contributed by atoms with Crippen LogP contribution in [0.25, 0.3) is 0 Å². The average Bonchev–Trinajstić information content (AvgIpc) is 2.49. The van der Waals surface area contributed by atoms with E-state index in [1.54, 1.807) is 0 Å². The van der Waals surface area contributed by atoms with E-state index in [1.165, 1.54) is 70.6 Å². The number of allylic oxidation sites excluding steroid dienone is 2. The molecule has 140 valence electrons. The second kappa shape index (κ2) is 20.2. The van der Waals surface area contributed by atoms with Crippen LogP contribution in [-0.2, 0) is 9.09 Å². The van der Waals surface area contributed by atoms with Gasteiger partial charge in [0, 0.05) is 0 Å². The van der Waals surface area contributed by atoms with Crippen molar-refractivity contribution in [3.63, 3.8) is 0 Å². The first-order chi connectivity index (χ1) is 11.1. The number of rotatable bonds is 17. The third-order valence-corrected chi connectivity index (χ3v) is 4.43. The van der Waals surface area contributed by atoms with Crippen LogP contribution in [0.15, 0.2) is 12.2 Å². The van der Waals surface area contributed by atoms with Crippen LogP contribution in [0.1, 0.15) is 96.8 Å². The van der Waals surface area contributed by atoms with E-state index < -0.39 is 7.82 Å². The fourth-order valence-electron chi connectivity index (χ4n) is 2.53. The molecule has 0 fully saturated rings. The van der Waals surface area contributed by atoms with Gasteiger partial charge in [-0.3, -0.25) is 4.52 Å². The molecule has 0 aromatic heterocycles. The Morgan fingerprint density at radius 3 is 1.62 bits per heavy atom. The number of hydrogen-bond acceptors (Lipinski definition) is 2. The molecule has 0 aromatic rings. The Morgan fingerprint density at radius 1 is 0.750 bits per heavy atom. The van der Waals surface area contributed by atoms with Gasteiger partial charge in [0.15, 0.2) is 0 Å². The topological polar surface area (TPSA) is 66.8 Å². The fraction of sp³-hybridized carbons (Fsp3) is 0.889. The summed E-state index contributed by atoms with van der Waals surface area (Å²) in [5.41, 5.74) is 0. The number of unbranched alkanes of at least 4 members (excludes halogenated alkanes) is 12. The molecule has 24 heavy (non-hydrogen) atoms. The van der Waals surface area contributed by atoms with Gasteiger partial charge >= 0.3 is 37.4 Å². The van der Waals surface area contributed by atoms with Crippen molar-refractivity contribution in [2.24, 2.45) is 0 Å². The SMILES string of the molecule is CCCCCCCC/C=C\CCCCCCCCOP(=O)(O)O.[NaH]. The summed E-state index contributed by atoms with van der Waals surface area (Å²) in [5, 5.41) is 0. The van der Waals surface area contributed by atoms with Crippen LogP contribution in [0.2, 0.25) is 0 Å². The van der Waals surface area contributed by atoms with Gasteiger partial charge in [0.2, 0.25) is 0 Å². The maximum absolute atomic E-state index is 10.5. The summed E-state index contributed by atoms with van der Waals surface area (Å²) in [6, 6.07) is 0. The van der Waals surface area contributed by atoms with Gasteiger partial charge in [0.1, 0.15) is 0 Å². The van der Waals surface area contributed by atoms with Crippen molar-refractivity contribution in [1.29, 1.82) is 0 Å². The molecule has 0 radical (unpaired) electrons. The summed E-state index contributed by atoms with van der Waals surface area (Å²) in [5.74, 6) is 0. The Hall–Kier alpha value is 0.850.